The van der Waals surface area contributed by atoms with Gasteiger partial charge >= 0.3 is 0 Å². The molecule has 106 valence electrons. The molecule has 0 aliphatic rings. The van der Waals surface area contributed by atoms with Crippen LogP contribution in [0, 0.1) is 0 Å². The predicted molar refractivity (Wildman–Crippen MR) is 79.1 cm³/mol. The van der Waals surface area contributed by atoms with Crippen molar-refractivity contribution >= 4 is 27.1 Å². The van der Waals surface area contributed by atoms with Crippen LogP contribution in [-0.2, 0) is 10.0 Å². The van der Waals surface area contributed by atoms with Crippen LogP contribution in [0.5, 0.6) is 5.75 Å². The number of nitrogens with two attached hydrogens (primary N) is 2. The summed E-state index contributed by atoms with van der Waals surface area (Å²) in [6, 6.07) is 10.9. The number of methoxy groups -OCH3 is 1. The molecule has 0 aliphatic heterocycles. The first-order valence-electron chi connectivity index (χ1n) is 5.75. The first-order chi connectivity index (χ1) is 9.44. The van der Waals surface area contributed by atoms with E-state index in [1.54, 1.807) is 24.3 Å². The van der Waals surface area contributed by atoms with Crippen LogP contribution in [0.25, 0.3) is 0 Å². The minimum absolute atomic E-state index is 0.0371. The third kappa shape index (κ3) is 2.77. The van der Waals surface area contributed by atoms with Crippen molar-refractivity contribution < 1.29 is 13.2 Å². The summed E-state index contributed by atoms with van der Waals surface area (Å²) in [5.74, 6) is 0.430. The maximum absolute atomic E-state index is 12.3. The van der Waals surface area contributed by atoms with Crippen LogP contribution < -0.4 is 20.9 Å². The lowest BCUT2D eigenvalue weighted by molar-refractivity contribution is 0.417. The fourth-order valence-electron chi connectivity index (χ4n) is 1.65. The molecule has 0 fully saturated rings. The quantitative estimate of drug-likeness (QED) is 0.743. The zero-order valence-corrected chi connectivity index (χ0v) is 11.6. The molecule has 0 saturated heterocycles. The SMILES string of the molecule is COc1ccccc1NS(=O)(=O)c1ccc(N)c(N)c1. The summed E-state index contributed by atoms with van der Waals surface area (Å²) >= 11 is 0. The summed E-state index contributed by atoms with van der Waals surface area (Å²) in [6.07, 6.45) is 0. The predicted octanol–water partition coefficient (Wildman–Crippen LogP) is 1.66. The molecule has 6 nitrogen and oxygen atoms in total. The first kappa shape index (κ1) is 14.0. The van der Waals surface area contributed by atoms with Crippen molar-refractivity contribution in [2.75, 3.05) is 23.3 Å². The van der Waals surface area contributed by atoms with E-state index < -0.39 is 10.0 Å². The van der Waals surface area contributed by atoms with E-state index in [1.807, 2.05) is 0 Å². The molecule has 0 heterocycles. The van der Waals surface area contributed by atoms with Gasteiger partial charge in [-0.25, -0.2) is 8.42 Å². The summed E-state index contributed by atoms with van der Waals surface area (Å²) in [5, 5.41) is 0. The number of anilines is 3. The Morgan fingerprint density at radius 2 is 1.75 bits per heavy atom. The van der Waals surface area contributed by atoms with Crippen molar-refractivity contribution in [3.63, 3.8) is 0 Å². The third-order valence-corrected chi connectivity index (χ3v) is 4.08. The lowest BCUT2D eigenvalue weighted by atomic mass is 10.3. The van der Waals surface area contributed by atoms with Gasteiger partial charge in [-0.1, -0.05) is 12.1 Å². The highest BCUT2D eigenvalue weighted by atomic mass is 32.2. The molecule has 0 bridgehead atoms. The number of sulfonamides is 1. The Balaban J connectivity index is 2.38. The van der Waals surface area contributed by atoms with Gasteiger partial charge in [-0.05, 0) is 30.3 Å². The number of ether oxygens (including phenoxy) is 1. The van der Waals surface area contributed by atoms with Crippen LogP contribution in [-0.4, -0.2) is 15.5 Å². The largest absolute Gasteiger partial charge is 0.495 e. The van der Waals surface area contributed by atoms with E-state index in [-0.39, 0.29) is 10.6 Å². The number of para-hydroxylation sites is 2. The van der Waals surface area contributed by atoms with Gasteiger partial charge in [0.25, 0.3) is 10.0 Å². The summed E-state index contributed by atoms with van der Waals surface area (Å²) < 4.78 is 32.1. The van der Waals surface area contributed by atoms with E-state index in [2.05, 4.69) is 4.72 Å². The van der Waals surface area contributed by atoms with Gasteiger partial charge in [0.15, 0.2) is 0 Å². The molecule has 0 saturated carbocycles. The van der Waals surface area contributed by atoms with Crippen molar-refractivity contribution in [1.29, 1.82) is 0 Å². The van der Waals surface area contributed by atoms with Gasteiger partial charge in [-0.3, -0.25) is 4.72 Å². The highest BCUT2D eigenvalue weighted by molar-refractivity contribution is 7.92. The van der Waals surface area contributed by atoms with Crippen molar-refractivity contribution in [3.8, 4) is 5.75 Å². The minimum Gasteiger partial charge on any atom is -0.495 e. The van der Waals surface area contributed by atoms with Crippen LogP contribution in [0.15, 0.2) is 47.4 Å². The highest BCUT2D eigenvalue weighted by Crippen LogP contribution is 2.27. The number of benzene rings is 2. The van der Waals surface area contributed by atoms with Gasteiger partial charge in [0.05, 0.1) is 29.1 Å². The Morgan fingerprint density at radius 1 is 1.05 bits per heavy atom. The van der Waals surface area contributed by atoms with E-state index in [0.29, 0.717) is 17.1 Å². The Labute approximate surface area is 117 Å². The third-order valence-electron chi connectivity index (χ3n) is 2.72. The molecule has 2 aromatic rings. The summed E-state index contributed by atoms with van der Waals surface area (Å²) in [4.78, 5) is 0.0371. The van der Waals surface area contributed by atoms with Crippen LogP contribution in [0.2, 0.25) is 0 Å². The molecule has 2 rings (SSSR count). The molecule has 7 heteroatoms. The molecule has 0 radical (unpaired) electrons. The van der Waals surface area contributed by atoms with E-state index in [1.165, 1.54) is 25.3 Å². The number of hydrogen-bond acceptors (Lipinski definition) is 5. The van der Waals surface area contributed by atoms with E-state index >= 15 is 0 Å². The molecule has 0 aromatic heterocycles. The fourth-order valence-corrected chi connectivity index (χ4v) is 2.76. The molecule has 0 atom stereocenters. The zero-order chi connectivity index (χ0) is 14.8. The van der Waals surface area contributed by atoms with Crippen molar-refractivity contribution in [1.82, 2.24) is 0 Å². The van der Waals surface area contributed by atoms with Gasteiger partial charge in [-0.2, -0.15) is 0 Å². The molecule has 0 amide bonds. The zero-order valence-electron chi connectivity index (χ0n) is 10.8. The Morgan fingerprint density at radius 3 is 2.40 bits per heavy atom. The number of rotatable bonds is 4. The molecular formula is C13H15N3O3S. The molecule has 2 aromatic carbocycles. The van der Waals surface area contributed by atoms with Crippen molar-refractivity contribution in [2.45, 2.75) is 4.90 Å². The van der Waals surface area contributed by atoms with Gasteiger partial charge < -0.3 is 16.2 Å². The molecule has 20 heavy (non-hydrogen) atoms. The second kappa shape index (κ2) is 5.30. The van der Waals surface area contributed by atoms with Crippen LogP contribution >= 0.6 is 0 Å². The molecule has 0 aliphatic carbocycles. The Kier molecular flexibility index (Phi) is 3.71. The fraction of sp³-hybridized carbons (Fsp3) is 0.0769. The summed E-state index contributed by atoms with van der Waals surface area (Å²) in [5.41, 5.74) is 12.1. The second-order valence-corrected chi connectivity index (χ2v) is 5.78. The number of nitrogen functional groups attached to an aromatic ring is 2. The van der Waals surface area contributed by atoms with Crippen LogP contribution in [0.3, 0.4) is 0 Å². The second-order valence-electron chi connectivity index (χ2n) is 4.10. The highest BCUT2D eigenvalue weighted by Gasteiger charge is 2.17. The van der Waals surface area contributed by atoms with Gasteiger partial charge in [0.1, 0.15) is 5.75 Å². The Bertz CT molecular complexity index is 729. The number of nitrogens with one attached hydrogen (secondary N) is 1. The summed E-state index contributed by atoms with van der Waals surface area (Å²) in [6.45, 7) is 0. The van der Waals surface area contributed by atoms with Crippen LogP contribution in [0.4, 0.5) is 17.1 Å². The maximum atomic E-state index is 12.3. The average molecular weight is 293 g/mol. The molecule has 5 N–H and O–H groups in total. The van der Waals surface area contributed by atoms with Crippen molar-refractivity contribution in [2.24, 2.45) is 0 Å². The van der Waals surface area contributed by atoms with E-state index in [4.69, 9.17) is 16.2 Å². The molecule has 0 spiro atoms. The topological polar surface area (TPSA) is 107 Å². The molecule has 0 unspecified atom stereocenters. The smallest absolute Gasteiger partial charge is 0.262 e. The van der Waals surface area contributed by atoms with Gasteiger partial charge in [0.2, 0.25) is 0 Å². The first-order valence-corrected chi connectivity index (χ1v) is 7.23. The van der Waals surface area contributed by atoms with Crippen molar-refractivity contribution in [3.05, 3.63) is 42.5 Å². The Hall–Kier alpha value is -2.41. The maximum Gasteiger partial charge on any atom is 0.262 e. The lowest BCUT2D eigenvalue weighted by Gasteiger charge is -2.12. The number of hydrogen-bond donors (Lipinski definition) is 3. The minimum atomic E-state index is -3.75. The van der Waals surface area contributed by atoms with Gasteiger partial charge in [-0.15, -0.1) is 0 Å². The van der Waals surface area contributed by atoms with Gasteiger partial charge in [0, 0.05) is 0 Å². The summed E-state index contributed by atoms with van der Waals surface area (Å²) in [7, 11) is -2.28. The van der Waals surface area contributed by atoms with E-state index in [0.717, 1.165) is 0 Å². The average Bonchev–Trinajstić information content (AvgIpc) is 2.42. The standard InChI is InChI=1S/C13H15N3O3S/c1-19-13-5-3-2-4-12(13)16-20(17,18)9-6-7-10(14)11(15)8-9/h2-8,16H,14-15H2,1H3. The van der Waals surface area contributed by atoms with E-state index in [9.17, 15) is 8.42 Å². The monoisotopic (exact) mass is 293 g/mol. The normalized spacial score (nSPS) is 11.1. The molecular weight excluding hydrogens is 278 g/mol. The lowest BCUT2D eigenvalue weighted by Crippen LogP contribution is -2.14. The van der Waals surface area contributed by atoms with Crippen LogP contribution in [0.1, 0.15) is 0 Å².